The van der Waals surface area contributed by atoms with Gasteiger partial charge in [0, 0.05) is 26.0 Å². The van der Waals surface area contributed by atoms with Crippen molar-refractivity contribution in [2.24, 2.45) is 0 Å². The fourth-order valence-corrected chi connectivity index (χ4v) is 2.77. The second-order valence-electron chi connectivity index (χ2n) is 4.42. The van der Waals surface area contributed by atoms with E-state index in [0.717, 1.165) is 5.03 Å². The van der Waals surface area contributed by atoms with Crippen LogP contribution in [0.5, 0.6) is 11.5 Å². The number of carbonyl (C=O) groups is 1. The van der Waals surface area contributed by atoms with Crippen molar-refractivity contribution in [1.82, 2.24) is 4.98 Å². The van der Waals surface area contributed by atoms with Crippen LogP contribution >= 0.6 is 27.7 Å². The molecule has 0 atom stereocenters. The molecule has 0 aromatic carbocycles. The summed E-state index contributed by atoms with van der Waals surface area (Å²) in [6, 6.07) is 1.74. The molecule has 1 aromatic heterocycles. The number of rotatable bonds is 7. The molecule has 0 spiro atoms. The van der Waals surface area contributed by atoms with Gasteiger partial charge in [-0.15, -0.1) is 11.8 Å². The zero-order valence-corrected chi connectivity index (χ0v) is 14.4. The van der Waals surface area contributed by atoms with Crippen LogP contribution in [0.1, 0.15) is 12.8 Å². The van der Waals surface area contributed by atoms with E-state index >= 15 is 0 Å². The molecule has 1 aliphatic carbocycles. The van der Waals surface area contributed by atoms with Gasteiger partial charge in [0.05, 0.1) is 7.11 Å². The number of hydrogen-bond donors (Lipinski definition) is 0. The highest BCUT2D eigenvalue weighted by Crippen LogP contribution is 2.46. The van der Waals surface area contributed by atoms with E-state index in [1.165, 1.54) is 26.0 Å². The lowest BCUT2D eigenvalue weighted by molar-refractivity contribution is -0.151. The fourth-order valence-electron chi connectivity index (χ4n) is 1.75. The van der Waals surface area contributed by atoms with E-state index in [1.807, 2.05) is 6.26 Å². The normalized spacial score (nSPS) is 15.4. The van der Waals surface area contributed by atoms with E-state index < -0.39 is 5.60 Å². The van der Waals surface area contributed by atoms with Crippen molar-refractivity contribution in [2.75, 3.05) is 27.3 Å². The number of hydrogen-bond acceptors (Lipinski definition) is 7. The molecule has 2 rings (SSSR count). The standard InChI is InChI=1S/C13H16BrNO5S/c1-17-7-19-10-8(6-9(21-3)15-11(10)14)20-13(4-5-13)12(16)18-2/h6H,4-5,7H2,1-3H3. The van der Waals surface area contributed by atoms with E-state index in [0.29, 0.717) is 28.9 Å². The number of pyridine rings is 1. The first kappa shape index (κ1) is 16.4. The van der Waals surface area contributed by atoms with Crippen LogP contribution < -0.4 is 9.47 Å². The molecule has 0 bridgehead atoms. The van der Waals surface area contributed by atoms with Crippen LogP contribution in [-0.4, -0.2) is 43.8 Å². The Hall–Kier alpha value is -0.990. The summed E-state index contributed by atoms with van der Waals surface area (Å²) >= 11 is 4.82. The third kappa shape index (κ3) is 3.61. The summed E-state index contributed by atoms with van der Waals surface area (Å²) in [6.45, 7) is 0.0560. The van der Waals surface area contributed by atoms with E-state index in [9.17, 15) is 4.79 Å². The minimum atomic E-state index is -0.906. The maximum Gasteiger partial charge on any atom is 0.350 e. The third-order valence-electron chi connectivity index (χ3n) is 2.97. The molecular weight excluding hydrogens is 362 g/mol. The van der Waals surface area contributed by atoms with Crippen LogP contribution in [-0.2, 0) is 14.3 Å². The largest absolute Gasteiger partial charge is 0.471 e. The highest BCUT2D eigenvalue weighted by atomic mass is 79.9. The number of methoxy groups -OCH3 is 2. The maximum absolute atomic E-state index is 11.8. The van der Waals surface area contributed by atoms with Gasteiger partial charge in [0.1, 0.15) is 5.03 Å². The Morgan fingerprint density at radius 3 is 2.71 bits per heavy atom. The van der Waals surface area contributed by atoms with Crippen LogP contribution in [0.3, 0.4) is 0 Å². The highest BCUT2D eigenvalue weighted by molar-refractivity contribution is 9.10. The smallest absolute Gasteiger partial charge is 0.350 e. The lowest BCUT2D eigenvalue weighted by atomic mass is 10.3. The molecule has 0 aliphatic heterocycles. The first-order valence-electron chi connectivity index (χ1n) is 6.20. The predicted molar refractivity (Wildman–Crippen MR) is 80.8 cm³/mol. The predicted octanol–water partition coefficient (Wildman–Crippen LogP) is 2.63. The van der Waals surface area contributed by atoms with E-state index in [1.54, 1.807) is 6.07 Å². The van der Waals surface area contributed by atoms with E-state index in [4.69, 9.17) is 18.9 Å². The number of esters is 1. The summed E-state index contributed by atoms with van der Waals surface area (Å²) in [5, 5.41) is 0.752. The third-order valence-corrected chi connectivity index (χ3v) is 4.14. The van der Waals surface area contributed by atoms with Gasteiger partial charge in [-0.05, 0) is 22.2 Å². The summed E-state index contributed by atoms with van der Waals surface area (Å²) in [7, 11) is 2.87. The van der Waals surface area contributed by atoms with Gasteiger partial charge in [0.25, 0.3) is 0 Å². The molecular formula is C13H16BrNO5S. The number of aromatic nitrogens is 1. The van der Waals surface area contributed by atoms with Gasteiger partial charge in [-0.3, -0.25) is 0 Å². The Labute approximate surface area is 135 Å². The van der Waals surface area contributed by atoms with Gasteiger partial charge in [-0.25, -0.2) is 9.78 Å². The van der Waals surface area contributed by atoms with Gasteiger partial charge in [-0.2, -0.15) is 0 Å². The Balaban J connectivity index is 2.31. The number of nitrogens with zero attached hydrogens (tertiary/aromatic N) is 1. The average Bonchev–Trinajstić information content (AvgIpc) is 3.26. The number of carbonyl (C=O) groups excluding carboxylic acids is 1. The molecule has 1 aromatic rings. The van der Waals surface area contributed by atoms with Crippen molar-refractivity contribution >= 4 is 33.7 Å². The molecule has 0 saturated heterocycles. The van der Waals surface area contributed by atoms with Gasteiger partial charge >= 0.3 is 5.97 Å². The summed E-state index contributed by atoms with van der Waals surface area (Å²) in [6.07, 6.45) is 3.15. The minimum absolute atomic E-state index is 0.0560. The molecule has 6 nitrogen and oxygen atoms in total. The molecule has 0 N–H and O–H groups in total. The molecule has 0 amide bonds. The lowest BCUT2D eigenvalue weighted by Gasteiger charge is -2.19. The number of halogens is 1. The Morgan fingerprint density at radius 2 is 2.19 bits per heavy atom. The second-order valence-corrected chi connectivity index (χ2v) is 6.00. The number of thioether (sulfide) groups is 1. The molecule has 21 heavy (non-hydrogen) atoms. The van der Waals surface area contributed by atoms with Crippen LogP contribution in [0.15, 0.2) is 15.7 Å². The first-order chi connectivity index (χ1) is 10.1. The van der Waals surface area contributed by atoms with Crippen molar-refractivity contribution in [1.29, 1.82) is 0 Å². The average molecular weight is 378 g/mol. The summed E-state index contributed by atoms with van der Waals surface area (Å²) in [4.78, 5) is 16.1. The highest BCUT2D eigenvalue weighted by Gasteiger charge is 2.54. The van der Waals surface area contributed by atoms with E-state index in [-0.39, 0.29) is 12.8 Å². The fraction of sp³-hybridized carbons (Fsp3) is 0.538. The Bertz CT molecular complexity index is 536. The SMILES string of the molecule is COCOc1c(OC2(C(=O)OC)CC2)cc(SC)nc1Br. The summed E-state index contributed by atoms with van der Waals surface area (Å²) in [5.74, 6) is 0.477. The quantitative estimate of drug-likeness (QED) is 0.313. The van der Waals surface area contributed by atoms with E-state index in [2.05, 4.69) is 20.9 Å². The molecule has 116 valence electrons. The van der Waals surface area contributed by atoms with Crippen LogP contribution in [0.25, 0.3) is 0 Å². The van der Waals surface area contributed by atoms with Gasteiger partial charge in [-0.1, -0.05) is 0 Å². The topological polar surface area (TPSA) is 66.9 Å². The molecule has 8 heteroatoms. The zero-order valence-electron chi connectivity index (χ0n) is 12.0. The molecule has 1 fully saturated rings. The Morgan fingerprint density at radius 1 is 1.48 bits per heavy atom. The van der Waals surface area contributed by atoms with Crippen molar-refractivity contribution in [3.63, 3.8) is 0 Å². The van der Waals surface area contributed by atoms with Crippen LogP contribution in [0, 0.1) is 0 Å². The summed E-state index contributed by atoms with van der Waals surface area (Å²) < 4.78 is 21.6. The van der Waals surface area contributed by atoms with Crippen molar-refractivity contribution < 1.29 is 23.7 Å². The van der Waals surface area contributed by atoms with Gasteiger partial charge < -0.3 is 18.9 Å². The number of ether oxygens (including phenoxy) is 4. The molecule has 1 saturated carbocycles. The second kappa shape index (κ2) is 6.85. The summed E-state index contributed by atoms with van der Waals surface area (Å²) in [5.41, 5.74) is -0.906. The van der Waals surface area contributed by atoms with Crippen molar-refractivity contribution in [3.05, 3.63) is 10.7 Å². The molecule has 1 heterocycles. The molecule has 0 unspecified atom stereocenters. The monoisotopic (exact) mass is 377 g/mol. The lowest BCUT2D eigenvalue weighted by Crippen LogP contribution is -2.31. The molecule has 0 radical (unpaired) electrons. The van der Waals surface area contributed by atoms with Gasteiger partial charge in [0.2, 0.25) is 5.60 Å². The Kier molecular flexibility index (Phi) is 5.34. The van der Waals surface area contributed by atoms with Gasteiger partial charge in [0.15, 0.2) is 22.9 Å². The zero-order chi connectivity index (χ0) is 15.5. The maximum atomic E-state index is 11.8. The molecule has 1 aliphatic rings. The van der Waals surface area contributed by atoms with Crippen LogP contribution in [0.2, 0.25) is 0 Å². The van der Waals surface area contributed by atoms with Crippen molar-refractivity contribution in [2.45, 2.75) is 23.5 Å². The van der Waals surface area contributed by atoms with Crippen LogP contribution in [0.4, 0.5) is 0 Å². The first-order valence-corrected chi connectivity index (χ1v) is 8.22. The minimum Gasteiger partial charge on any atom is -0.471 e. The van der Waals surface area contributed by atoms with Crippen molar-refractivity contribution in [3.8, 4) is 11.5 Å².